The fourth-order valence-corrected chi connectivity index (χ4v) is 4.57. The van der Waals surface area contributed by atoms with Crippen molar-refractivity contribution >= 4 is 21.7 Å². The van der Waals surface area contributed by atoms with Gasteiger partial charge >= 0.3 is 0 Å². The second-order valence-electron chi connectivity index (χ2n) is 8.13. The van der Waals surface area contributed by atoms with Crippen molar-refractivity contribution < 1.29 is 9.84 Å². The van der Waals surface area contributed by atoms with Crippen molar-refractivity contribution in [1.82, 2.24) is 14.3 Å². The van der Waals surface area contributed by atoms with Gasteiger partial charge in [0.1, 0.15) is 5.75 Å². The van der Waals surface area contributed by atoms with Crippen LogP contribution < -0.4 is 10.3 Å². The van der Waals surface area contributed by atoms with Crippen LogP contribution in [0.4, 0.5) is 0 Å². The third-order valence-corrected chi connectivity index (χ3v) is 6.34. The quantitative estimate of drug-likeness (QED) is 0.558. The minimum absolute atomic E-state index is 0.0690. The van der Waals surface area contributed by atoms with Crippen LogP contribution in [-0.4, -0.2) is 33.2 Å². The zero-order chi connectivity index (χ0) is 20.7. The minimum Gasteiger partial charge on any atom is -0.494 e. The number of nitrogens with zero attached hydrogens (tertiary/aromatic N) is 3. The van der Waals surface area contributed by atoms with Crippen molar-refractivity contribution in [3.8, 4) is 11.4 Å². The first kappa shape index (κ1) is 18.9. The van der Waals surface area contributed by atoms with Crippen LogP contribution in [0.25, 0.3) is 27.4 Å². The maximum absolute atomic E-state index is 13.1. The average Bonchev–Trinajstić information content (AvgIpc) is 3.22. The first-order valence-electron chi connectivity index (χ1n) is 10.5. The lowest BCUT2D eigenvalue weighted by Crippen LogP contribution is -2.20. The Kier molecular flexibility index (Phi) is 4.79. The number of aromatic nitrogens is 3. The molecule has 0 spiro atoms. The first-order valence-corrected chi connectivity index (χ1v) is 10.5. The van der Waals surface area contributed by atoms with Crippen LogP contribution in [0.5, 0.6) is 5.75 Å². The third-order valence-electron chi connectivity index (χ3n) is 6.34. The minimum atomic E-state index is -0.0690. The largest absolute Gasteiger partial charge is 0.494 e. The molecule has 0 saturated heterocycles. The molecule has 5 rings (SSSR count). The van der Waals surface area contributed by atoms with Crippen molar-refractivity contribution in [3.63, 3.8) is 0 Å². The van der Waals surface area contributed by atoms with Crippen molar-refractivity contribution in [3.05, 3.63) is 65.2 Å². The molecule has 154 valence electrons. The summed E-state index contributed by atoms with van der Waals surface area (Å²) in [5.74, 6) is 1.03. The molecule has 2 aromatic heterocycles. The number of fused-ring (bicyclic) bond motifs is 2. The molecule has 1 fully saturated rings. The molecule has 1 saturated carbocycles. The highest BCUT2D eigenvalue weighted by atomic mass is 16.5. The lowest BCUT2D eigenvalue weighted by atomic mass is 9.87. The Morgan fingerprint density at radius 1 is 1.10 bits per heavy atom. The van der Waals surface area contributed by atoms with E-state index < -0.39 is 0 Å². The van der Waals surface area contributed by atoms with Gasteiger partial charge in [-0.25, -0.2) is 0 Å². The monoisotopic (exact) mass is 403 g/mol. The summed E-state index contributed by atoms with van der Waals surface area (Å²) in [6.45, 7) is 0.273. The topological polar surface area (TPSA) is 69.3 Å². The summed E-state index contributed by atoms with van der Waals surface area (Å²) in [5, 5.41) is 16.8. The van der Waals surface area contributed by atoms with Crippen LogP contribution >= 0.6 is 0 Å². The Morgan fingerprint density at radius 2 is 1.90 bits per heavy atom. The summed E-state index contributed by atoms with van der Waals surface area (Å²) >= 11 is 0. The Balaban J connectivity index is 1.58. The number of rotatable bonds is 4. The summed E-state index contributed by atoms with van der Waals surface area (Å²) < 4.78 is 9.31. The van der Waals surface area contributed by atoms with E-state index in [2.05, 4.69) is 6.20 Å². The molecule has 6 heteroatoms. The van der Waals surface area contributed by atoms with E-state index in [1.54, 1.807) is 17.9 Å². The van der Waals surface area contributed by atoms with Gasteiger partial charge in [-0.3, -0.25) is 14.0 Å². The van der Waals surface area contributed by atoms with E-state index in [4.69, 9.17) is 9.84 Å². The number of pyridine rings is 1. The second-order valence-corrected chi connectivity index (χ2v) is 8.13. The predicted molar refractivity (Wildman–Crippen MR) is 117 cm³/mol. The van der Waals surface area contributed by atoms with Crippen molar-refractivity contribution in [2.75, 3.05) is 13.7 Å². The molecular weight excluding hydrogens is 378 g/mol. The average molecular weight is 403 g/mol. The molecule has 0 amide bonds. The normalized spacial score (nSPS) is 19.4. The number of aliphatic hydroxyl groups excluding tert-OH is 1. The number of aliphatic hydroxyl groups is 1. The van der Waals surface area contributed by atoms with Gasteiger partial charge < -0.3 is 9.84 Å². The van der Waals surface area contributed by atoms with E-state index >= 15 is 0 Å². The van der Waals surface area contributed by atoms with Crippen LogP contribution in [0.1, 0.15) is 31.7 Å². The molecule has 0 atom stereocenters. The van der Waals surface area contributed by atoms with E-state index in [9.17, 15) is 9.90 Å². The molecule has 1 aliphatic rings. The van der Waals surface area contributed by atoms with E-state index in [1.165, 1.54) is 0 Å². The first-order chi connectivity index (χ1) is 14.7. The zero-order valence-corrected chi connectivity index (χ0v) is 17.0. The van der Waals surface area contributed by atoms with Crippen molar-refractivity contribution in [1.29, 1.82) is 0 Å². The van der Waals surface area contributed by atoms with Gasteiger partial charge in [0, 0.05) is 35.8 Å². The van der Waals surface area contributed by atoms with Crippen LogP contribution in [0, 0.1) is 5.92 Å². The van der Waals surface area contributed by atoms with E-state index in [1.807, 2.05) is 47.1 Å². The number of benzene rings is 2. The van der Waals surface area contributed by atoms with Crippen LogP contribution in [-0.2, 0) is 0 Å². The molecule has 0 radical (unpaired) electrons. The van der Waals surface area contributed by atoms with Gasteiger partial charge in [0.2, 0.25) is 0 Å². The van der Waals surface area contributed by atoms with E-state index in [0.717, 1.165) is 42.0 Å². The second kappa shape index (κ2) is 7.61. The molecule has 6 nitrogen and oxygen atoms in total. The number of methoxy groups -OCH3 is 1. The maximum Gasteiger partial charge on any atom is 0.263 e. The summed E-state index contributed by atoms with van der Waals surface area (Å²) in [4.78, 5) is 13.1. The fourth-order valence-electron chi connectivity index (χ4n) is 4.57. The maximum atomic E-state index is 13.1. The van der Waals surface area contributed by atoms with Crippen molar-refractivity contribution in [2.45, 2.75) is 31.7 Å². The highest BCUT2D eigenvalue weighted by molar-refractivity contribution is 5.85. The number of hydrogen-bond donors (Lipinski definition) is 1. The molecule has 2 heterocycles. The molecule has 4 aromatic rings. The number of hydrogen-bond acceptors (Lipinski definition) is 4. The van der Waals surface area contributed by atoms with E-state index in [0.29, 0.717) is 28.8 Å². The Labute approximate surface area is 174 Å². The molecule has 0 bridgehead atoms. The summed E-state index contributed by atoms with van der Waals surface area (Å²) in [7, 11) is 1.61. The van der Waals surface area contributed by atoms with E-state index in [-0.39, 0.29) is 12.2 Å². The van der Waals surface area contributed by atoms with Gasteiger partial charge in [0.25, 0.3) is 5.56 Å². The van der Waals surface area contributed by atoms with Crippen LogP contribution in [0.2, 0.25) is 0 Å². The highest BCUT2D eigenvalue weighted by Crippen LogP contribution is 2.34. The van der Waals surface area contributed by atoms with Crippen molar-refractivity contribution in [2.24, 2.45) is 5.92 Å². The number of ether oxygens (including phenoxy) is 1. The Hall–Kier alpha value is -3.12. The van der Waals surface area contributed by atoms with Gasteiger partial charge in [-0.2, -0.15) is 5.10 Å². The fraction of sp³-hybridized carbons (Fsp3) is 0.333. The predicted octanol–water partition coefficient (Wildman–Crippen LogP) is 4.07. The lowest BCUT2D eigenvalue weighted by Gasteiger charge is -2.27. The highest BCUT2D eigenvalue weighted by Gasteiger charge is 2.23. The summed E-state index contributed by atoms with van der Waals surface area (Å²) in [5.41, 5.74) is 1.50. The molecule has 0 unspecified atom stereocenters. The van der Waals surface area contributed by atoms with Gasteiger partial charge in [-0.05, 0) is 55.2 Å². The van der Waals surface area contributed by atoms with Gasteiger partial charge in [0.05, 0.1) is 24.4 Å². The smallest absolute Gasteiger partial charge is 0.263 e. The zero-order valence-electron chi connectivity index (χ0n) is 17.0. The molecule has 0 aliphatic heterocycles. The standard InChI is InChI=1S/C24H25N3O3/c1-30-23-13-21-18(14-27(25-21)19-8-6-16(15-28)7-9-19)12-22(23)26-11-10-17-4-2-3-5-20(17)24(26)29/h2-5,10-14,16,19,28H,6-9,15H2,1H3/t16-,19-. The molecular formula is C24H25N3O3. The SMILES string of the molecule is COc1cc2nn([C@H]3CC[C@H](CO)CC3)cc2cc1-n1ccc2ccccc2c1=O. The molecule has 30 heavy (non-hydrogen) atoms. The van der Waals surface area contributed by atoms with Gasteiger partial charge in [-0.15, -0.1) is 0 Å². The molecule has 2 aromatic carbocycles. The van der Waals surface area contributed by atoms with Crippen LogP contribution in [0.3, 0.4) is 0 Å². The Morgan fingerprint density at radius 3 is 2.67 bits per heavy atom. The molecule has 1 N–H and O–H groups in total. The third kappa shape index (κ3) is 3.17. The summed E-state index contributed by atoms with van der Waals surface area (Å²) in [6.07, 6.45) is 7.96. The Bertz CT molecular complexity index is 1270. The van der Waals surface area contributed by atoms with Gasteiger partial charge in [0.15, 0.2) is 0 Å². The lowest BCUT2D eigenvalue weighted by molar-refractivity contribution is 0.165. The van der Waals surface area contributed by atoms with Gasteiger partial charge in [-0.1, -0.05) is 18.2 Å². The summed E-state index contributed by atoms with van der Waals surface area (Å²) in [6, 6.07) is 13.8. The molecule has 1 aliphatic carbocycles. The van der Waals surface area contributed by atoms with Crippen LogP contribution in [0.15, 0.2) is 59.7 Å².